The van der Waals surface area contributed by atoms with Crippen LogP contribution in [0.1, 0.15) is 23.6 Å². The zero-order valence-electron chi connectivity index (χ0n) is 15.7. The average Bonchev–Trinajstić information content (AvgIpc) is 2.64. The number of halogens is 1. The van der Waals surface area contributed by atoms with Gasteiger partial charge >= 0.3 is 0 Å². The van der Waals surface area contributed by atoms with E-state index in [4.69, 9.17) is 16.3 Å². The van der Waals surface area contributed by atoms with Gasteiger partial charge in [0.2, 0.25) is 0 Å². The molecular formula is C20H27ClN4O. The number of benzene rings is 1. The van der Waals surface area contributed by atoms with Gasteiger partial charge in [0.25, 0.3) is 0 Å². The Balaban J connectivity index is 1.84. The molecule has 0 saturated carbocycles. The predicted molar refractivity (Wildman–Crippen MR) is 108 cm³/mol. The molecule has 0 aliphatic carbocycles. The minimum Gasteiger partial charge on any atom is -0.496 e. The number of aliphatic imine (C=N–C) groups is 1. The smallest absolute Gasteiger partial charge is 0.191 e. The number of rotatable bonds is 8. The van der Waals surface area contributed by atoms with Crippen LogP contribution in [-0.4, -0.2) is 37.7 Å². The zero-order valence-corrected chi connectivity index (χ0v) is 16.4. The molecule has 5 nitrogen and oxygen atoms in total. The van der Waals surface area contributed by atoms with E-state index in [2.05, 4.69) is 45.7 Å². The summed E-state index contributed by atoms with van der Waals surface area (Å²) in [6.45, 7) is 6.43. The van der Waals surface area contributed by atoms with Crippen LogP contribution < -0.4 is 15.4 Å². The van der Waals surface area contributed by atoms with E-state index in [1.54, 1.807) is 13.3 Å². The van der Waals surface area contributed by atoms with Gasteiger partial charge in [-0.15, -0.1) is 0 Å². The number of hydrogen-bond donors (Lipinski definition) is 2. The Kier molecular flexibility index (Phi) is 8.22. The van der Waals surface area contributed by atoms with Gasteiger partial charge in [-0.25, -0.2) is 4.98 Å². The summed E-state index contributed by atoms with van der Waals surface area (Å²) in [6.07, 6.45) is 3.54. The Labute approximate surface area is 160 Å². The van der Waals surface area contributed by atoms with Crippen molar-refractivity contribution in [2.45, 2.75) is 26.7 Å². The number of nitrogens with one attached hydrogen (secondary N) is 2. The highest BCUT2D eigenvalue weighted by Gasteiger charge is 2.02. The summed E-state index contributed by atoms with van der Waals surface area (Å²) < 4.78 is 5.38. The Morgan fingerprint density at radius 3 is 2.65 bits per heavy atom. The molecule has 6 heteroatoms. The molecule has 0 atom stereocenters. The van der Waals surface area contributed by atoms with Crippen LogP contribution in [0.4, 0.5) is 0 Å². The van der Waals surface area contributed by atoms with Crippen molar-refractivity contribution in [3.63, 3.8) is 0 Å². The molecular weight excluding hydrogens is 348 g/mol. The van der Waals surface area contributed by atoms with Crippen molar-refractivity contribution in [3.05, 3.63) is 58.4 Å². The third-order valence-electron chi connectivity index (χ3n) is 3.98. The van der Waals surface area contributed by atoms with Crippen LogP contribution in [0, 0.1) is 6.92 Å². The first-order valence-corrected chi connectivity index (χ1v) is 9.26. The van der Waals surface area contributed by atoms with Gasteiger partial charge in [-0.2, -0.15) is 0 Å². The van der Waals surface area contributed by atoms with Gasteiger partial charge in [0.1, 0.15) is 10.9 Å². The van der Waals surface area contributed by atoms with Crippen LogP contribution in [0.2, 0.25) is 5.15 Å². The summed E-state index contributed by atoms with van der Waals surface area (Å²) in [5.41, 5.74) is 3.51. The van der Waals surface area contributed by atoms with Crippen LogP contribution in [0.15, 0.2) is 41.5 Å². The van der Waals surface area contributed by atoms with Crippen LogP contribution in [0.3, 0.4) is 0 Å². The van der Waals surface area contributed by atoms with E-state index in [1.165, 1.54) is 5.56 Å². The molecule has 0 aliphatic rings. The molecule has 1 aromatic heterocycles. The first kappa shape index (κ1) is 20.0. The van der Waals surface area contributed by atoms with Gasteiger partial charge in [-0.1, -0.05) is 29.8 Å². The topological polar surface area (TPSA) is 58.5 Å². The molecule has 2 aromatic rings. The molecule has 0 spiro atoms. The molecule has 1 aromatic carbocycles. The monoisotopic (exact) mass is 374 g/mol. The minimum absolute atomic E-state index is 0.518. The predicted octanol–water partition coefficient (Wildman–Crippen LogP) is 3.39. The molecule has 140 valence electrons. The van der Waals surface area contributed by atoms with Crippen molar-refractivity contribution in [2.75, 3.05) is 26.7 Å². The molecule has 0 saturated heterocycles. The number of pyridine rings is 1. The number of aryl methyl sites for hydroxylation is 1. The quantitative estimate of drug-likeness (QED) is 0.422. The van der Waals surface area contributed by atoms with Crippen molar-refractivity contribution in [2.24, 2.45) is 4.99 Å². The first-order valence-electron chi connectivity index (χ1n) is 8.88. The van der Waals surface area contributed by atoms with Gasteiger partial charge < -0.3 is 15.4 Å². The maximum atomic E-state index is 5.81. The van der Waals surface area contributed by atoms with Crippen LogP contribution >= 0.6 is 11.6 Å². The van der Waals surface area contributed by atoms with Crippen molar-refractivity contribution in [1.82, 2.24) is 15.6 Å². The van der Waals surface area contributed by atoms with Gasteiger partial charge in [0, 0.05) is 25.8 Å². The standard InChI is InChI=1S/C20H27ClN4O/c1-4-22-20(24-12-10-17-7-8-19(21)25-14-17)23-11-9-16-6-5-15(2)18(13-16)26-3/h5-8,13-14H,4,9-12H2,1-3H3,(H2,22,23,24). The second kappa shape index (κ2) is 10.7. The van der Waals surface area contributed by atoms with E-state index in [0.717, 1.165) is 48.8 Å². The lowest BCUT2D eigenvalue weighted by atomic mass is 10.1. The summed E-state index contributed by atoms with van der Waals surface area (Å²) in [5, 5.41) is 7.15. The molecule has 2 N–H and O–H groups in total. The van der Waals surface area contributed by atoms with Crippen LogP contribution in [-0.2, 0) is 12.8 Å². The first-order chi connectivity index (χ1) is 12.6. The molecule has 0 amide bonds. The Morgan fingerprint density at radius 2 is 1.96 bits per heavy atom. The van der Waals surface area contributed by atoms with E-state index < -0.39 is 0 Å². The van der Waals surface area contributed by atoms with Gasteiger partial charge in [0.15, 0.2) is 5.96 Å². The van der Waals surface area contributed by atoms with E-state index in [1.807, 2.05) is 19.1 Å². The number of methoxy groups -OCH3 is 1. The highest BCUT2D eigenvalue weighted by atomic mass is 35.5. The maximum Gasteiger partial charge on any atom is 0.191 e. The van der Waals surface area contributed by atoms with Crippen LogP contribution in [0.5, 0.6) is 5.75 Å². The molecule has 0 unspecified atom stereocenters. The maximum absolute atomic E-state index is 5.81. The lowest BCUT2D eigenvalue weighted by Gasteiger charge is -2.11. The summed E-state index contributed by atoms with van der Waals surface area (Å²) in [4.78, 5) is 8.75. The largest absolute Gasteiger partial charge is 0.496 e. The molecule has 2 rings (SSSR count). The lowest BCUT2D eigenvalue weighted by molar-refractivity contribution is 0.411. The molecule has 0 fully saturated rings. The van der Waals surface area contributed by atoms with Gasteiger partial charge in [-0.05, 0) is 55.5 Å². The molecule has 0 radical (unpaired) electrons. The SMILES string of the molecule is CCNC(=NCCc1ccc(C)c(OC)c1)NCCc1ccc(Cl)nc1. The highest BCUT2D eigenvalue weighted by Crippen LogP contribution is 2.19. The summed E-state index contributed by atoms with van der Waals surface area (Å²) in [6, 6.07) is 10.1. The Bertz CT molecular complexity index is 716. The average molecular weight is 375 g/mol. The summed E-state index contributed by atoms with van der Waals surface area (Å²) in [7, 11) is 1.70. The molecule has 1 heterocycles. The number of ether oxygens (including phenoxy) is 1. The number of nitrogens with zero attached hydrogens (tertiary/aromatic N) is 2. The molecule has 0 aliphatic heterocycles. The van der Waals surface area contributed by atoms with E-state index in [-0.39, 0.29) is 0 Å². The van der Waals surface area contributed by atoms with E-state index in [9.17, 15) is 0 Å². The fourth-order valence-corrected chi connectivity index (χ4v) is 2.65. The van der Waals surface area contributed by atoms with Gasteiger partial charge in [-0.3, -0.25) is 4.99 Å². The Hall–Kier alpha value is -2.27. The minimum atomic E-state index is 0.518. The zero-order chi connectivity index (χ0) is 18.8. The summed E-state index contributed by atoms with van der Waals surface area (Å²) >= 11 is 5.81. The third-order valence-corrected chi connectivity index (χ3v) is 4.21. The highest BCUT2D eigenvalue weighted by molar-refractivity contribution is 6.29. The van der Waals surface area contributed by atoms with Crippen molar-refractivity contribution < 1.29 is 4.74 Å². The van der Waals surface area contributed by atoms with Crippen molar-refractivity contribution in [1.29, 1.82) is 0 Å². The third kappa shape index (κ3) is 6.56. The summed E-state index contributed by atoms with van der Waals surface area (Å²) in [5.74, 6) is 1.75. The fraction of sp³-hybridized carbons (Fsp3) is 0.400. The molecule has 26 heavy (non-hydrogen) atoms. The fourth-order valence-electron chi connectivity index (χ4n) is 2.54. The second-order valence-corrected chi connectivity index (χ2v) is 6.37. The normalized spacial score (nSPS) is 11.3. The lowest BCUT2D eigenvalue weighted by Crippen LogP contribution is -2.38. The van der Waals surface area contributed by atoms with Crippen molar-refractivity contribution in [3.8, 4) is 5.75 Å². The Morgan fingerprint density at radius 1 is 1.15 bits per heavy atom. The van der Waals surface area contributed by atoms with E-state index >= 15 is 0 Å². The number of guanidine groups is 1. The van der Waals surface area contributed by atoms with Crippen LogP contribution in [0.25, 0.3) is 0 Å². The van der Waals surface area contributed by atoms with E-state index in [0.29, 0.717) is 11.7 Å². The van der Waals surface area contributed by atoms with Gasteiger partial charge in [0.05, 0.1) is 7.11 Å². The second-order valence-electron chi connectivity index (χ2n) is 5.98. The molecule has 0 bridgehead atoms. The van der Waals surface area contributed by atoms with Crippen molar-refractivity contribution >= 4 is 17.6 Å². The number of aromatic nitrogens is 1. The number of hydrogen-bond acceptors (Lipinski definition) is 3.